The van der Waals surface area contributed by atoms with E-state index in [1.165, 1.54) is 11.2 Å². The van der Waals surface area contributed by atoms with Crippen LogP contribution in [0.4, 0.5) is 0 Å². The van der Waals surface area contributed by atoms with Crippen molar-refractivity contribution in [3.05, 3.63) is 0 Å². The van der Waals surface area contributed by atoms with Crippen LogP contribution >= 0.6 is 0 Å². The molecular formula is C10H21N3O3S. The van der Waals surface area contributed by atoms with Gasteiger partial charge >= 0.3 is 0 Å². The zero-order valence-corrected chi connectivity index (χ0v) is 11.4. The number of hydrogen-bond donors (Lipinski definition) is 2. The molecule has 0 bridgehead atoms. The molecule has 1 aliphatic rings. The van der Waals surface area contributed by atoms with Gasteiger partial charge in [0.25, 0.3) is 10.2 Å². The Balaban J connectivity index is 2.73. The summed E-state index contributed by atoms with van der Waals surface area (Å²) in [6.45, 7) is 7.24. The van der Waals surface area contributed by atoms with Crippen molar-refractivity contribution in [2.75, 3.05) is 26.2 Å². The van der Waals surface area contributed by atoms with Gasteiger partial charge in [-0.15, -0.1) is 0 Å². The molecule has 1 atom stereocenters. The van der Waals surface area contributed by atoms with E-state index in [0.29, 0.717) is 26.2 Å². The summed E-state index contributed by atoms with van der Waals surface area (Å²) < 4.78 is 27.9. The highest BCUT2D eigenvalue weighted by molar-refractivity contribution is 7.87. The monoisotopic (exact) mass is 263 g/mol. The van der Waals surface area contributed by atoms with E-state index in [9.17, 15) is 13.2 Å². The summed E-state index contributed by atoms with van der Waals surface area (Å²) in [6.07, 6.45) is 0. The number of rotatable bonds is 5. The van der Waals surface area contributed by atoms with Crippen molar-refractivity contribution in [1.29, 1.82) is 0 Å². The van der Waals surface area contributed by atoms with E-state index < -0.39 is 16.3 Å². The Bertz CT molecular complexity index is 361. The van der Waals surface area contributed by atoms with E-state index in [-0.39, 0.29) is 11.7 Å². The molecule has 0 aromatic rings. The van der Waals surface area contributed by atoms with Gasteiger partial charge in [-0.2, -0.15) is 17.4 Å². The third-order valence-corrected chi connectivity index (χ3v) is 4.39. The molecule has 1 rings (SSSR count). The SMILES string of the molecule is CC(=O)C(NS(=O)(=O)N1CCNCC1)C(C)C. The van der Waals surface area contributed by atoms with Crippen LogP contribution in [0.1, 0.15) is 20.8 Å². The topological polar surface area (TPSA) is 78.5 Å². The van der Waals surface area contributed by atoms with E-state index in [0.717, 1.165) is 0 Å². The zero-order valence-electron chi connectivity index (χ0n) is 10.6. The predicted molar refractivity (Wildman–Crippen MR) is 65.8 cm³/mol. The number of piperazine rings is 1. The van der Waals surface area contributed by atoms with Gasteiger partial charge in [0.1, 0.15) is 5.78 Å². The van der Waals surface area contributed by atoms with Gasteiger partial charge in [0.05, 0.1) is 6.04 Å². The third kappa shape index (κ3) is 4.02. The molecule has 7 heteroatoms. The summed E-state index contributed by atoms with van der Waals surface area (Å²) in [7, 11) is -3.55. The van der Waals surface area contributed by atoms with Crippen molar-refractivity contribution >= 4 is 16.0 Å². The van der Waals surface area contributed by atoms with E-state index in [4.69, 9.17) is 0 Å². The molecule has 0 aromatic carbocycles. The first-order valence-corrected chi connectivity index (χ1v) is 7.27. The van der Waals surface area contributed by atoms with Gasteiger partial charge in [0, 0.05) is 26.2 Å². The van der Waals surface area contributed by atoms with Gasteiger partial charge in [-0.3, -0.25) is 4.79 Å². The highest BCUT2D eigenvalue weighted by Crippen LogP contribution is 2.08. The number of hydrogen-bond acceptors (Lipinski definition) is 4. The van der Waals surface area contributed by atoms with Crippen LogP contribution in [0.3, 0.4) is 0 Å². The van der Waals surface area contributed by atoms with Crippen LogP contribution in [0.25, 0.3) is 0 Å². The lowest BCUT2D eigenvalue weighted by Crippen LogP contribution is -2.54. The molecule has 1 heterocycles. The molecule has 17 heavy (non-hydrogen) atoms. The van der Waals surface area contributed by atoms with Crippen molar-refractivity contribution < 1.29 is 13.2 Å². The van der Waals surface area contributed by atoms with Crippen LogP contribution in [0.5, 0.6) is 0 Å². The molecule has 1 aliphatic heterocycles. The standard InChI is InChI=1S/C10H21N3O3S/c1-8(2)10(9(3)14)12-17(15,16)13-6-4-11-5-7-13/h8,10-12H,4-7H2,1-3H3. The van der Waals surface area contributed by atoms with E-state index in [1.54, 1.807) is 0 Å². The normalized spacial score (nSPS) is 20.5. The minimum atomic E-state index is -3.55. The second kappa shape index (κ2) is 5.90. The quantitative estimate of drug-likeness (QED) is 0.690. The summed E-state index contributed by atoms with van der Waals surface area (Å²) in [6, 6.07) is -0.644. The second-order valence-electron chi connectivity index (χ2n) is 4.60. The highest BCUT2D eigenvalue weighted by atomic mass is 32.2. The molecule has 0 radical (unpaired) electrons. The average molecular weight is 263 g/mol. The fourth-order valence-corrected chi connectivity index (χ4v) is 3.38. The molecule has 6 nitrogen and oxygen atoms in total. The Labute approximate surface area is 103 Å². The van der Waals surface area contributed by atoms with Gasteiger partial charge in [-0.1, -0.05) is 13.8 Å². The molecular weight excluding hydrogens is 242 g/mol. The Kier molecular flexibility index (Phi) is 5.05. The fraction of sp³-hybridized carbons (Fsp3) is 0.900. The Morgan fingerprint density at radius 2 is 1.82 bits per heavy atom. The molecule has 1 saturated heterocycles. The average Bonchev–Trinajstić information content (AvgIpc) is 2.26. The molecule has 1 unspecified atom stereocenters. The first-order valence-electron chi connectivity index (χ1n) is 5.83. The van der Waals surface area contributed by atoms with Gasteiger partial charge < -0.3 is 5.32 Å². The molecule has 1 fully saturated rings. The number of nitrogens with zero attached hydrogens (tertiary/aromatic N) is 1. The van der Waals surface area contributed by atoms with Crippen molar-refractivity contribution in [3.63, 3.8) is 0 Å². The molecule has 0 spiro atoms. The summed E-state index contributed by atoms with van der Waals surface area (Å²) >= 11 is 0. The Morgan fingerprint density at radius 3 is 2.24 bits per heavy atom. The predicted octanol–water partition coefficient (Wildman–Crippen LogP) is -0.660. The minimum absolute atomic E-state index is 0.0507. The van der Waals surface area contributed by atoms with Crippen molar-refractivity contribution in [2.24, 2.45) is 5.92 Å². The van der Waals surface area contributed by atoms with Crippen molar-refractivity contribution in [2.45, 2.75) is 26.8 Å². The number of nitrogens with one attached hydrogen (secondary N) is 2. The van der Waals surface area contributed by atoms with Gasteiger partial charge in [-0.05, 0) is 12.8 Å². The number of Topliss-reactive ketones (excluding diaryl/α,β-unsaturated/α-hetero) is 1. The largest absolute Gasteiger partial charge is 0.314 e. The number of carbonyl (C=O) groups excluding carboxylic acids is 1. The zero-order chi connectivity index (χ0) is 13.1. The van der Waals surface area contributed by atoms with Crippen LogP contribution in [-0.4, -0.2) is 50.7 Å². The van der Waals surface area contributed by atoms with Gasteiger partial charge in [-0.25, -0.2) is 0 Å². The lowest BCUT2D eigenvalue weighted by molar-refractivity contribution is -0.119. The first kappa shape index (κ1) is 14.6. The van der Waals surface area contributed by atoms with Gasteiger partial charge in [0.2, 0.25) is 0 Å². The maximum Gasteiger partial charge on any atom is 0.280 e. The van der Waals surface area contributed by atoms with E-state index >= 15 is 0 Å². The summed E-state index contributed by atoms with van der Waals surface area (Å²) in [5, 5.41) is 3.08. The lowest BCUT2D eigenvalue weighted by Gasteiger charge is -2.29. The Hall–Kier alpha value is -0.500. The molecule has 100 valence electrons. The van der Waals surface area contributed by atoms with Crippen LogP contribution < -0.4 is 10.0 Å². The fourth-order valence-electron chi connectivity index (χ4n) is 1.81. The van der Waals surface area contributed by atoms with E-state index in [2.05, 4.69) is 10.0 Å². The molecule has 0 aliphatic carbocycles. The maximum absolute atomic E-state index is 12.0. The molecule has 2 N–H and O–H groups in total. The molecule has 0 saturated carbocycles. The summed E-state index contributed by atoms with van der Waals surface area (Å²) in [4.78, 5) is 11.4. The second-order valence-corrected chi connectivity index (χ2v) is 6.31. The van der Waals surface area contributed by atoms with Crippen LogP contribution in [0.2, 0.25) is 0 Å². The van der Waals surface area contributed by atoms with Crippen molar-refractivity contribution in [1.82, 2.24) is 14.3 Å². The highest BCUT2D eigenvalue weighted by Gasteiger charge is 2.29. The maximum atomic E-state index is 12.0. The first-order chi connectivity index (χ1) is 7.84. The minimum Gasteiger partial charge on any atom is -0.314 e. The van der Waals surface area contributed by atoms with Gasteiger partial charge in [0.15, 0.2) is 0 Å². The summed E-state index contributed by atoms with van der Waals surface area (Å²) in [5.74, 6) is -0.205. The molecule has 0 aromatic heterocycles. The lowest BCUT2D eigenvalue weighted by atomic mass is 10.0. The van der Waals surface area contributed by atoms with Crippen LogP contribution in [0, 0.1) is 5.92 Å². The molecule has 0 amide bonds. The van der Waals surface area contributed by atoms with Crippen LogP contribution in [0.15, 0.2) is 0 Å². The van der Waals surface area contributed by atoms with Crippen molar-refractivity contribution in [3.8, 4) is 0 Å². The summed E-state index contributed by atoms with van der Waals surface area (Å²) in [5.41, 5.74) is 0. The smallest absolute Gasteiger partial charge is 0.280 e. The van der Waals surface area contributed by atoms with Crippen LogP contribution in [-0.2, 0) is 15.0 Å². The third-order valence-electron chi connectivity index (χ3n) is 2.80. The Morgan fingerprint density at radius 1 is 1.29 bits per heavy atom. The number of carbonyl (C=O) groups is 1. The van der Waals surface area contributed by atoms with E-state index in [1.807, 2.05) is 13.8 Å². The number of ketones is 1.